The molecule has 0 atom stereocenters. The van der Waals surface area contributed by atoms with Crippen molar-refractivity contribution in [1.82, 2.24) is 20.3 Å². The van der Waals surface area contributed by atoms with E-state index in [4.69, 9.17) is 4.42 Å². The summed E-state index contributed by atoms with van der Waals surface area (Å²) in [4.78, 5) is 16.7. The molecule has 1 amide bonds. The van der Waals surface area contributed by atoms with Crippen LogP contribution in [0.4, 0.5) is 11.6 Å². The van der Waals surface area contributed by atoms with Crippen LogP contribution in [0.5, 0.6) is 0 Å². The van der Waals surface area contributed by atoms with Crippen molar-refractivity contribution in [2.75, 3.05) is 30.4 Å². The number of furan rings is 1. The second kappa shape index (κ2) is 8.52. The fourth-order valence-corrected chi connectivity index (χ4v) is 5.07. The lowest BCUT2D eigenvalue weighted by Gasteiger charge is -2.27. The van der Waals surface area contributed by atoms with E-state index in [0.717, 1.165) is 53.2 Å². The summed E-state index contributed by atoms with van der Waals surface area (Å²) in [5, 5.41) is 15.6. The van der Waals surface area contributed by atoms with Crippen LogP contribution in [0, 0.1) is 0 Å². The molecule has 2 aliphatic rings. The highest BCUT2D eigenvalue weighted by atomic mass is 16.3. The summed E-state index contributed by atoms with van der Waals surface area (Å²) in [6.07, 6.45) is 3.25. The third-order valence-electron chi connectivity index (χ3n) is 7.01. The summed E-state index contributed by atoms with van der Waals surface area (Å²) < 4.78 is 6.06. The van der Waals surface area contributed by atoms with Gasteiger partial charge in [0, 0.05) is 56.2 Å². The largest absolute Gasteiger partial charge is 0.441 e. The third kappa shape index (κ3) is 4.00. The average molecular weight is 457 g/mol. The normalized spacial score (nSPS) is 15.4. The van der Waals surface area contributed by atoms with Gasteiger partial charge in [0.25, 0.3) is 0 Å². The van der Waals surface area contributed by atoms with Crippen LogP contribution in [-0.2, 0) is 30.6 Å². The van der Waals surface area contributed by atoms with Crippen molar-refractivity contribution < 1.29 is 9.21 Å². The highest BCUT2D eigenvalue weighted by Gasteiger charge is 2.24. The summed E-state index contributed by atoms with van der Waals surface area (Å²) in [6, 6.07) is 17.2. The van der Waals surface area contributed by atoms with E-state index >= 15 is 0 Å². The van der Waals surface area contributed by atoms with Crippen molar-refractivity contribution in [3.63, 3.8) is 0 Å². The Morgan fingerprint density at radius 3 is 2.76 bits per heavy atom. The molecule has 0 unspecified atom stereocenters. The predicted molar refractivity (Wildman–Crippen MR) is 131 cm³/mol. The minimum absolute atomic E-state index is 0.147. The minimum Gasteiger partial charge on any atom is -0.441 e. The molecule has 2 aromatic carbocycles. The number of fused-ring (bicyclic) bond motifs is 3. The zero-order chi connectivity index (χ0) is 23.1. The van der Waals surface area contributed by atoms with Crippen LogP contribution in [0.2, 0.25) is 0 Å². The molecule has 0 spiro atoms. The number of anilines is 2. The fourth-order valence-electron chi connectivity index (χ4n) is 5.07. The molecule has 2 aromatic heterocycles. The molecule has 8 nitrogen and oxygen atoms in total. The third-order valence-corrected chi connectivity index (χ3v) is 7.01. The van der Waals surface area contributed by atoms with Gasteiger partial charge in [-0.2, -0.15) is 15.4 Å². The number of benzene rings is 2. The molecule has 34 heavy (non-hydrogen) atoms. The summed E-state index contributed by atoms with van der Waals surface area (Å²) in [6.45, 7) is 1.89. The molecule has 8 heteroatoms. The van der Waals surface area contributed by atoms with E-state index in [1.165, 1.54) is 11.1 Å². The number of aromatic nitrogens is 3. The number of amides is 1. The van der Waals surface area contributed by atoms with Crippen LogP contribution >= 0.6 is 0 Å². The zero-order valence-corrected chi connectivity index (χ0v) is 19.3. The topological polar surface area (TPSA) is 90.3 Å². The van der Waals surface area contributed by atoms with Crippen molar-refractivity contribution in [3.8, 4) is 0 Å². The molecule has 174 valence electrons. The molecular weight excluding hydrogens is 428 g/mol. The number of H-pyrrole nitrogens is 1. The maximum Gasteiger partial charge on any atom is 0.224 e. The Morgan fingerprint density at radius 1 is 1.15 bits per heavy atom. The summed E-state index contributed by atoms with van der Waals surface area (Å²) in [5.74, 6) is 0.953. The van der Waals surface area contributed by atoms with Gasteiger partial charge in [-0.1, -0.05) is 24.3 Å². The van der Waals surface area contributed by atoms with Gasteiger partial charge in [0.15, 0.2) is 5.88 Å². The smallest absolute Gasteiger partial charge is 0.224 e. The number of nitrogens with one attached hydrogen (secondary N) is 2. The quantitative estimate of drug-likeness (QED) is 0.461. The monoisotopic (exact) mass is 456 g/mol. The fraction of sp³-hybridized carbons (Fsp3) is 0.346. The molecule has 1 aliphatic heterocycles. The lowest BCUT2D eigenvalue weighted by atomic mass is 10.1. The van der Waals surface area contributed by atoms with E-state index in [1.54, 1.807) is 0 Å². The Morgan fingerprint density at radius 2 is 1.94 bits per heavy atom. The number of hydrogen-bond donors (Lipinski definition) is 2. The van der Waals surface area contributed by atoms with E-state index in [2.05, 4.69) is 62.0 Å². The van der Waals surface area contributed by atoms with E-state index < -0.39 is 0 Å². The molecule has 3 heterocycles. The number of carbonyl (C=O) groups is 1. The first-order valence-corrected chi connectivity index (χ1v) is 11.9. The Bertz CT molecular complexity index is 1320. The van der Waals surface area contributed by atoms with Gasteiger partial charge >= 0.3 is 0 Å². The maximum atomic E-state index is 12.7. The molecule has 0 fully saturated rings. The van der Waals surface area contributed by atoms with Gasteiger partial charge in [0.05, 0.1) is 12.2 Å². The minimum atomic E-state index is 0.147. The molecule has 4 aromatic rings. The van der Waals surface area contributed by atoms with Gasteiger partial charge < -0.3 is 19.5 Å². The molecule has 6 rings (SSSR count). The number of hydrogen-bond acceptors (Lipinski definition) is 6. The number of aromatic amines is 1. The molecular formula is C26H28N6O2. The number of rotatable bonds is 6. The van der Waals surface area contributed by atoms with E-state index in [0.29, 0.717) is 32.1 Å². The van der Waals surface area contributed by atoms with Crippen LogP contribution in [0.3, 0.4) is 0 Å². The molecule has 0 saturated carbocycles. The van der Waals surface area contributed by atoms with Gasteiger partial charge in [-0.3, -0.25) is 4.79 Å². The summed E-state index contributed by atoms with van der Waals surface area (Å²) in [7, 11) is 2.02. The standard InChI is InChI=1S/C26H28N6O2/c1-31(10-9-26(33)32-11-8-22-23(16-32)29-30-28-22)21-6-7-24-19(14-21)15-25(34-24)27-20-12-17-4-2-3-5-18(17)13-20/h2-7,14-15,20,27H,8-13,16H2,1H3,(H,28,29,30). The molecule has 0 bridgehead atoms. The van der Waals surface area contributed by atoms with Gasteiger partial charge in [-0.25, -0.2) is 0 Å². The Labute approximate surface area is 197 Å². The van der Waals surface area contributed by atoms with Crippen molar-refractivity contribution in [2.45, 2.75) is 38.3 Å². The average Bonchev–Trinajstić information content (AvgIpc) is 3.58. The number of carbonyl (C=O) groups excluding carboxylic acids is 1. The lowest BCUT2D eigenvalue weighted by molar-refractivity contribution is -0.132. The Kier molecular flexibility index (Phi) is 5.20. The summed E-state index contributed by atoms with van der Waals surface area (Å²) in [5.41, 5.74) is 6.62. The highest BCUT2D eigenvalue weighted by molar-refractivity contribution is 5.85. The van der Waals surface area contributed by atoms with Crippen molar-refractivity contribution >= 4 is 28.4 Å². The van der Waals surface area contributed by atoms with Crippen LogP contribution in [0.1, 0.15) is 28.9 Å². The second-order valence-electron chi connectivity index (χ2n) is 9.30. The van der Waals surface area contributed by atoms with E-state index in [9.17, 15) is 4.79 Å². The van der Waals surface area contributed by atoms with Gasteiger partial charge in [0.1, 0.15) is 11.3 Å². The first-order chi connectivity index (χ1) is 16.6. The summed E-state index contributed by atoms with van der Waals surface area (Å²) >= 11 is 0. The lowest BCUT2D eigenvalue weighted by Crippen LogP contribution is -2.37. The van der Waals surface area contributed by atoms with Gasteiger partial charge in [-0.05, 0) is 42.2 Å². The molecule has 0 saturated heterocycles. The van der Waals surface area contributed by atoms with Crippen LogP contribution in [-0.4, -0.2) is 52.4 Å². The van der Waals surface area contributed by atoms with Crippen molar-refractivity contribution in [1.29, 1.82) is 0 Å². The Hall–Kier alpha value is -3.81. The SMILES string of the molecule is CN(CCC(=O)N1CCc2n[nH]nc2C1)c1ccc2oc(NC3Cc4ccccc4C3)cc2c1. The molecule has 0 radical (unpaired) electrons. The predicted octanol–water partition coefficient (Wildman–Crippen LogP) is 3.54. The molecule has 1 aliphatic carbocycles. The maximum absolute atomic E-state index is 12.7. The van der Waals surface area contributed by atoms with Gasteiger partial charge in [0.2, 0.25) is 5.91 Å². The highest BCUT2D eigenvalue weighted by Crippen LogP contribution is 2.30. The van der Waals surface area contributed by atoms with Gasteiger partial charge in [-0.15, -0.1) is 0 Å². The van der Waals surface area contributed by atoms with Crippen molar-refractivity contribution in [2.24, 2.45) is 0 Å². The van der Waals surface area contributed by atoms with E-state index in [1.807, 2.05) is 24.1 Å². The van der Waals surface area contributed by atoms with Crippen LogP contribution in [0.25, 0.3) is 11.0 Å². The van der Waals surface area contributed by atoms with Crippen LogP contribution in [0.15, 0.2) is 52.9 Å². The zero-order valence-electron chi connectivity index (χ0n) is 19.3. The molecule has 2 N–H and O–H groups in total. The first kappa shape index (κ1) is 20.8. The number of nitrogens with zero attached hydrogens (tertiary/aromatic N) is 4. The Balaban J connectivity index is 1.07. The van der Waals surface area contributed by atoms with Crippen molar-refractivity contribution in [3.05, 3.63) is 71.0 Å². The first-order valence-electron chi connectivity index (χ1n) is 11.9. The van der Waals surface area contributed by atoms with Crippen LogP contribution < -0.4 is 10.2 Å². The van der Waals surface area contributed by atoms with E-state index in [-0.39, 0.29) is 5.91 Å². The second-order valence-corrected chi connectivity index (χ2v) is 9.30.